The van der Waals surface area contributed by atoms with Crippen LogP contribution >= 0.6 is 11.3 Å². The SMILES string of the molecule is COc1cc(C(=O)Nc2nnc(-c3ccncc3)s2)ccc1OC(C)c1ccccn1. The number of pyridine rings is 2. The molecule has 31 heavy (non-hydrogen) atoms. The van der Waals surface area contributed by atoms with Gasteiger partial charge in [-0.15, -0.1) is 10.2 Å². The number of benzene rings is 1. The Labute approximate surface area is 182 Å². The number of nitrogens with one attached hydrogen (secondary N) is 1. The molecule has 156 valence electrons. The highest BCUT2D eigenvalue weighted by Crippen LogP contribution is 2.32. The third kappa shape index (κ3) is 4.84. The third-order valence-corrected chi connectivity index (χ3v) is 5.29. The summed E-state index contributed by atoms with van der Waals surface area (Å²) in [6, 6.07) is 14.3. The molecule has 8 nitrogen and oxygen atoms in total. The number of nitrogens with zero attached hydrogens (tertiary/aromatic N) is 4. The Bertz CT molecular complexity index is 1170. The van der Waals surface area contributed by atoms with Crippen molar-refractivity contribution in [1.82, 2.24) is 20.2 Å². The lowest BCUT2D eigenvalue weighted by Gasteiger charge is -2.17. The first-order valence-electron chi connectivity index (χ1n) is 9.45. The molecule has 0 saturated heterocycles. The zero-order valence-corrected chi connectivity index (χ0v) is 17.7. The van der Waals surface area contributed by atoms with Crippen LogP contribution in [0.1, 0.15) is 29.1 Å². The molecule has 4 aromatic rings. The Morgan fingerprint density at radius 3 is 2.61 bits per heavy atom. The topological polar surface area (TPSA) is 99.1 Å². The van der Waals surface area contributed by atoms with E-state index in [9.17, 15) is 4.79 Å². The van der Waals surface area contributed by atoms with Crippen LogP contribution in [0.5, 0.6) is 11.5 Å². The van der Waals surface area contributed by atoms with Crippen molar-refractivity contribution in [2.45, 2.75) is 13.0 Å². The van der Waals surface area contributed by atoms with Crippen LogP contribution in [0.25, 0.3) is 10.6 Å². The maximum absolute atomic E-state index is 12.7. The van der Waals surface area contributed by atoms with Crippen LogP contribution < -0.4 is 14.8 Å². The summed E-state index contributed by atoms with van der Waals surface area (Å²) in [5.41, 5.74) is 2.10. The molecular weight excluding hydrogens is 414 g/mol. The Kier molecular flexibility index (Phi) is 6.13. The number of hydrogen-bond acceptors (Lipinski definition) is 8. The minimum absolute atomic E-state index is 0.275. The fourth-order valence-corrected chi connectivity index (χ4v) is 3.57. The van der Waals surface area contributed by atoms with Crippen LogP contribution in [0, 0.1) is 0 Å². The van der Waals surface area contributed by atoms with E-state index >= 15 is 0 Å². The number of carbonyl (C=O) groups is 1. The Balaban J connectivity index is 1.47. The molecule has 1 aromatic carbocycles. The molecule has 1 unspecified atom stereocenters. The molecule has 9 heteroatoms. The fourth-order valence-electron chi connectivity index (χ4n) is 2.83. The van der Waals surface area contributed by atoms with Gasteiger partial charge in [-0.2, -0.15) is 0 Å². The maximum Gasteiger partial charge on any atom is 0.257 e. The number of anilines is 1. The molecule has 4 rings (SSSR count). The standard InChI is InChI=1S/C22H19N5O3S/c1-14(17-5-3-4-10-24-17)30-18-7-6-16(13-19(18)29-2)20(28)25-22-27-26-21(31-22)15-8-11-23-12-9-15/h3-14H,1-2H3,(H,25,27,28). The molecule has 0 bridgehead atoms. The van der Waals surface area contributed by atoms with Gasteiger partial charge in [0.1, 0.15) is 11.1 Å². The first-order valence-corrected chi connectivity index (χ1v) is 10.3. The summed E-state index contributed by atoms with van der Waals surface area (Å²) in [4.78, 5) is 21.0. The second kappa shape index (κ2) is 9.31. The van der Waals surface area contributed by atoms with E-state index in [0.29, 0.717) is 27.2 Å². The van der Waals surface area contributed by atoms with Gasteiger partial charge in [-0.3, -0.25) is 20.1 Å². The molecule has 0 radical (unpaired) electrons. The van der Waals surface area contributed by atoms with Crippen molar-refractivity contribution >= 4 is 22.4 Å². The Morgan fingerprint density at radius 2 is 1.87 bits per heavy atom. The molecular formula is C22H19N5O3S. The van der Waals surface area contributed by atoms with Crippen LogP contribution in [-0.2, 0) is 0 Å². The zero-order chi connectivity index (χ0) is 21.6. The molecule has 0 aliphatic carbocycles. The largest absolute Gasteiger partial charge is 0.493 e. The van der Waals surface area contributed by atoms with Gasteiger partial charge in [0, 0.05) is 29.7 Å². The van der Waals surface area contributed by atoms with Crippen molar-refractivity contribution in [3.05, 3.63) is 78.4 Å². The second-order valence-electron chi connectivity index (χ2n) is 6.48. The number of carbonyl (C=O) groups excluding carboxylic acids is 1. The van der Waals surface area contributed by atoms with Gasteiger partial charge in [0.15, 0.2) is 11.5 Å². The van der Waals surface area contributed by atoms with E-state index < -0.39 is 0 Å². The van der Waals surface area contributed by atoms with Gasteiger partial charge in [0.05, 0.1) is 12.8 Å². The lowest BCUT2D eigenvalue weighted by molar-refractivity contribution is 0.102. The molecule has 3 aromatic heterocycles. The maximum atomic E-state index is 12.7. The van der Waals surface area contributed by atoms with Gasteiger partial charge in [-0.1, -0.05) is 17.4 Å². The summed E-state index contributed by atoms with van der Waals surface area (Å²) < 4.78 is 11.4. The Morgan fingerprint density at radius 1 is 1.03 bits per heavy atom. The average Bonchev–Trinajstić information content (AvgIpc) is 3.29. The quantitative estimate of drug-likeness (QED) is 0.461. The predicted octanol–water partition coefficient (Wildman–Crippen LogP) is 4.40. The van der Waals surface area contributed by atoms with Crippen molar-refractivity contribution in [3.63, 3.8) is 0 Å². The minimum atomic E-state index is -0.319. The summed E-state index contributed by atoms with van der Waals surface area (Å²) in [5, 5.41) is 12.0. The summed E-state index contributed by atoms with van der Waals surface area (Å²) in [5.74, 6) is 0.651. The van der Waals surface area contributed by atoms with Crippen LogP contribution in [0.2, 0.25) is 0 Å². The van der Waals surface area contributed by atoms with Crippen molar-refractivity contribution < 1.29 is 14.3 Å². The molecule has 1 amide bonds. The number of ether oxygens (including phenoxy) is 2. The zero-order valence-electron chi connectivity index (χ0n) is 16.9. The second-order valence-corrected chi connectivity index (χ2v) is 7.46. The van der Waals surface area contributed by atoms with E-state index in [1.165, 1.54) is 18.4 Å². The van der Waals surface area contributed by atoms with E-state index in [0.717, 1.165) is 11.3 Å². The summed E-state index contributed by atoms with van der Waals surface area (Å²) in [7, 11) is 1.53. The fraction of sp³-hybridized carbons (Fsp3) is 0.136. The molecule has 1 N–H and O–H groups in total. The van der Waals surface area contributed by atoms with Crippen molar-refractivity contribution in [2.75, 3.05) is 12.4 Å². The summed E-state index contributed by atoms with van der Waals surface area (Å²) in [6.07, 6.45) is 4.80. The first-order chi connectivity index (χ1) is 15.1. The number of methoxy groups -OCH3 is 1. The highest BCUT2D eigenvalue weighted by Gasteiger charge is 2.16. The smallest absolute Gasteiger partial charge is 0.257 e. The first kappa shape index (κ1) is 20.4. The van der Waals surface area contributed by atoms with E-state index in [4.69, 9.17) is 9.47 Å². The van der Waals surface area contributed by atoms with Gasteiger partial charge in [0.25, 0.3) is 5.91 Å². The minimum Gasteiger partial charge on any atom is -0.493 e. The lowest BCUT2D eigenvalue weighted by atomic mass is 10.2. The van der Waals surface area contributed by atoms with Crippen LogP contribution in [0.3, 0.4) is 0 Å². The molecule has 0 fully saturated rings. The van der Waals surface area contributed by atoms with E-state index in [1.807, 2.05) is 37.3 Å². The Hall–Kier alpha value is -3.85. The number of amides is 1. The highest BCUT2D eigenvalue weighted by molar-refractivity contribution is 7.18. The van der Waals surface area contributed by atoms with Crippen molar-refractivity contribution in [1.29, 1.82) is 0 Å². The number of hydrogen-bond donors (Lipinski definition) is 1. The van der Waals surface area contributed by atoms with Crippen LogP contribution in [0.4, 0.5) is 5.13 Å². The van der Waals surface area contributed by atoms with Gasteiger partial charge >= 0.3 is 0 Å². The summed E-state index contributed by atoms with van der Waals surface area (Å²) >= 11 is 1.28. The van der Waals surface area contributed by atoms with Gasteiger partial charge < -0.3 is 9.47 Å². The van der Waals surface area contributed by atoms with Crippen LogP contribution in [-0.4, -0.2) is 33.2 Å². The molecule has 1 atom stereocenters. The van der Waals surface area contributed by atoms with Gasteiger partial charge in [0.2, 0.25) is 5.13 Å². The number of rotatable bonds is 7. The monoisotopic (exact) mass is 433 g/mol. The molecule has 3 heterocycles. The van der Waals surface area contributed by atoms with Crippen molar-refractivity contribution in [3.8, 4) is 22.1 Å². The lowest BCUT2D eigenvalue weighted by Crippen LogP contribution is -2.12. The summed E-state index contributed by atoms with van der Waals surface area (Å²) in [6.45, 7) is 1.90. The highest BCUT2D eigenvalue weighted by atomic mass is 32.1. The molecule has 0 spiro atoms. The van der Waals surface area contributed by atoms with E-state index in [1.54, 1.807) is 36.8 Å². The van der Waals surface area contributed by atoms with E-state index in [-0.39, 0.29) is 12.0 Å². The third-order valence-electron chi connectivity index (χ3n) is 4.41. The van der Waals surface area contributed by atoms with E-state index in [2.05, 4.69) is 25.5 Å². The molecule has 0 aliphatic heterocycles. The molecule has 0 saturated carbocycles. The van der Waals surface area contributed by atoms with Crippen LogP contribution in [0.15, 0.2) is 67.1 Å². The number of aromatic nitrogens is 4. The predicted molar refractivity (Wildman–Crippen MR) is 117 cm³/mol. The van der Waals surface area contributed by atoms with Gasteiger partial charge in [-0.25, -0.2) is 0 Å². The normalized spacial score (nSPS) is 11.5. The average molecular weight is 433 g/mol. The molecule has 0 aliphatic rings. The van der Waals surface area contributed by atoms with Crippen molar-refractivity contribution in [2.24, 2.45) is 0 Å². The van der Waals surface area contributed by atoms with Gasteiger partial charge in [-0.05, 0) is 49.4 Å².